The van der Waals surface area contributed by atoms with Gasteiger partial charge in [-0.1, -0.05) is 48.5 Å². The molecule has 3 rings (SSSR count). The van der Waals surface area contributed by atoms with E-state index in [-0.39, 0.29) is 35.0 Å². The normalized spacial score (nSPS) is 22.6. The number of rotatable bonds is 9. The average Bonchev–Trinajstić information content (AvgIpc) is 3.39. The number of hydrogen-bond donors (Lipinski definition) is 3. The fraction of sp³-hybridized carbons (Fsp3) is 0.708. The predicted molar refractivity (Wildman–Crippen MR) is 150 cm³/mol. The van der Waals surface area contributed by atoms with Crippen molar-refractivity contribution >= 4 is 47.5 Å². The lowest BCUT2D eigenvalue weighted by atomic mass is 10.1. The number of aromatic amines is 1. The van der Waals surface area contributed by atoms with Gasteiger partial charge in [0.25, 0.3) is 5.56 Å². The predicted octanol–water partition coefficient (Wildman–Crippen LogP) is 2.42. The van der Waals surface area contributed by atoms with Crippen LogP contribution in [0.3, 0.4) is 0 Å². The highest BCUT2D eigenvalue weighted by atomic mass is 32.2. The van der Waals surface area contributed by atoms with Gasteiger partial charge in [0.15, 0.2) is 31.8 Å². The van der Waals surface area contributed by atoms with Crippen molar-refractivity contribution in [2.75, 3.05) is 5.32 Å². The van der Waals surface area contributed by atoms with E-state index in [1.807, 2.05) is 38.6 Å². The largest absolute Gasteiger partial charge is 0.408 e. The molecule has 1 aliphatic heterocycles. The van der Waals surface area contributed by atoms with Gasteiger partial charge in [0.05, 0.1) is 12.4 Å². The molecule has 1 saturated heterocycles. The van der Waals surface area contributed by atoms with Crippen molar-refractivity contribution in [3.63, 3.8) is 0 Å². The number of H-pyrrole nitrogens is 1. The third-order valence-electron chi connectivity index (χ3n) is 6.98. The Morgan fingerprint density at radius 1 is 1.18 bits per heavy atom. The van der Waals surface area contributed by atoms with E-state index in [0.29, 0.717) is 0 Å². The van der Waals surface area contributed by atoms with Gasteiger partial charge in [-0.3, -0.25) is 29.3 Å². The number of aromatic nitrogens is 4. The summed E-state index contributed by atoms with van der Waals surface area (Å²) in [5, 5.41) is 2.24. The number of fused-ring (bicyclic) bond motifs is 1. The summed E-state index contributed by atoms with van der Waals surface area (Å²) in [5.74, 6) is -2.33. The lowest BCUT2D eigenvalue weighted by Gasteiger charge is -2.40. The number of nitrogens with zero attached hydrogens (tertiary/aromatic N) is 3. The Labute approximate surface area is 236 Å². The van der Waals surface area contributed by atoms with Crippen molar-refractivity contribution in [2.45, 2.75) is 98.0 Å². The zero-order valence-electron chi connectivity index (χ0n) is 25.3. The van der Waals surface area contributed by atoms with Crippen LogP contribution in [0.5, 0.6) is 0 Å². The smallest absolute Gasteiger partial charge is 0.362 e. The SMILES string of the molecule is [2H]CC1OC(n2cnc3c(=O)[nH]c(NC(=O)C(C)C)nc32)C(OS(=O)(=O)NC(=O)C(C)C)C1O[Si](C)(C)C(C)(C)C. The Morgan fingerprint density at radius 2 is 1.80 bits per heavy atom. The van der Waals surface area contributed by atoms with E-state index in [9.17, 15) is 22.8 Å². The molecular weight excluding hydrogens is 560 g/mol. The maximum Gasteiger partial charge on any atom is 0.362 e. The number of imidazole rings is 1. The second-order valence-corrected chi connectivity index (χ2v) is 18.0. The Hall–Kier alpha value is -2.66. The van der Waals surface area contributed by atoms with Crippen molar-refractivity contribution in [2.24, 2.45) is 11.8 Å². The summed E-state index contributed by atoms with van der Waals surface area (Å²) in [7, 11) is -7.25. The molecule has 224 valence electrons. The third kappa shape index (κ3) is 6.79. The summed E-state index contributed by atoms with van der Waals surface area (Å²) in [6.07, 6.45) is -3.42. The molecule has 0 spiro atoms. The molecule has 3 N–H and O–H groups in total. The van der Waals surface area contributed by atoms with Gasteiger partial charge in [-0.25, -0.2) is 13.9 Å². The molecule has 2 aromatic rings. The molecule has 40 heavy (non-hydrogen) atoms. The Morgan fingerprint density at radius 3 is 2.35 bits per heavy atom. The molecule has 1 aliphatic rings. The molecule has 0 saturated carbocycles. The van der Waals surface area contributed by atoms with Gasteiger partial charge in [0.1, 0.15) is 6.10 Å². The van der Waals surface area contributed by atoms with Crippen LogP contribution in [0.4, 0.5) is 5.95 Å². The summed E-state index contributed by atoms with van der Waals surface area (Å²) in [4.78, 5) is 48.2. The second-order valence-electron chi connectivity index (χ2n) is 11.9. The summed E-state index contributed by atoms with van der Waals surface area (Å²) in [6.45, 7) is 16.0. The summed E-state index contributed by atoms with van der Waals surface area (Å²) < 4.78 is 55.7. The van der Waals surface area contributed by atoms with E-state index < -0.39 is 66.5 Å². The topological polar surface area (TPSA) is 184 Å². The van der Waals surface area contributed by atoms with Crippen LogP contribution in [0.2, 0.25) is 18.1 Å². The molecular formula is C24H40N6O8SSi. The molecule has 4 unspecified atom stereocenters. The summed E-state index contributed by atoms with van der Waals surface area (Å²) >= 11 is 0. The first-order valence-electron chi connectivity index (χ1n) is 13.6. The molecule has 0 bridgehead atoms. The zero-order chi connectivity index (χ0) is 31.1. The minimum atomic E-state index is -4.67. The van der Waals surface area contributed by atoms with Crippen molar-refractivity contribution in [3.05, 3.63) is 16.7 Å². The molecule has 0 aliphatic carbocycles. The van der Waals surface area contributed by atoms with Gasteiger partial charge >= 0.3 is 10.3 Å². The van der Waals surface area contributed by atoms with Gasteiger partial charge < -0.3 is 9.16 Å². The number of carbonyl (C=O) groups is 2. The van der Waals surface area contributed by atoms with Gasteiger partial charge in [-0.2, -0.15) is 13.4 Å². The maximum atomic E-state index is 13.0. The summed E-state index contributed by atoms with van der Waals surface area (Å²) in [5.41, 5.74) is -0.764. The second kappa shape index (κ2) is 11.3. The number of nitrogens with one attached hydrogen (secondary N) is 3. The van der Waals surface area contributed by atoms with E-state index in [2.05, 4.69) is 20.3 Å². The van der Waals surface area contributed by atoms with Gasteiger partial charge in [0.2, 0.25) is 17.8 Å². The van der Waals surface area contributed by atoms with Crippen LogP contribution in [0.15, 0.2) is 11.1 Å². The number of amides is 2. The Balaban J connectivity index is 2.14. The van der Waals surface area contributed by atoms with Gasteiger partial charge in [0, 0.05) is 13.2 Å². The molecule has 2 aromatic heterocycles. The minimum Gasteiger partial charge on any atom is -0.408 e. The Kier molecular flexibility index (Phi) is 8.57. The summed E-state index contributed by atoms with van der Waals surface area (Å²) in [6, 6.07) is 0. The highest BCUT2D eigenvalue weighted by Gasteiger charge is 2.52. The minimum absolute atomic E-state index is 0.0215. The molecule has 0 radical (unpaired) electrons. The highest BCUT2D eigenvalue weighted by molar-refractivity contribution is 7.85. The molecule has 3 heterocycles. The van der Waals surface area contributed by atoms with Crippen LogP contribution in [0, 0.1) is 11.8 Å². The maximum absolute atomic E-state index is 13.0. The molecule has 4 atom stereocenters. The van der Waals surface area contributed by atoms with Crippen LogP contribution in [-0.4, -0.2) is 66.4 Å². The molecule has 14 nitrogen and oxygen atoms in total. The van der Waals surface area contributed by atoms with Crippen LogP contribution in [-0.2, 0) is 33.2 Å². The molecule has 16 heteroatoms. The van der Waals surface area contributed by atoms with Crippen molar-refractivity contribution in [3.8, 4) is 0 Å². The van der Waals surface area contributed by atoms with Crippen LogP contribution >= 0.6 is 0 Å². The molecule has 2 amide bonds. The number of anilines is 1. The van der Waals surface area contributed by atoms with Gasteiger partial charge in [-0.05, 0) is 25.0 Å². The first kappa shape index (κ1) is 30.3. The number of carbonyl (C=O) groups excluding carboxylic acids is 2. The third-order valence-corrected chi connectivity index (χ3v) is 12.4. The van der Waals surface area contributed by atoms with Crippen molar-refractivity contribution in [1.82, 2.24) is 24.2 Å². The van der Waals surface area contributed by atoms with Crippen LogP contribution < -0.4 is 15.6 Å². The average molecular weight is 602 g/mol. The van der Waals surface area contributed by atoms with E-state index in [0.717, 1.165) is 0 Å². The van der Waals surface area contributed by atoms with E-state index in [1.54, 1.807) is 13.8 Å². The monoisotopic (exact) mass is 601 g/mol. The van der Waals surface area contributed by atoms with Crippen LogP contribution in [0.25, 0.3) is 11.2 Å². The number of hydrogen-bond acceptors (Lipinski definition) is 10. The first-order valence-corrected chi connectivity index (χ1v) is 17.2. The molecule has 0 aromatic carbocycles. The zero-order valence-corrected chi connectivity index (χ0v) is 26.1. The molecule has 1 fully saturated rings. The lowest BCUT2D eigenvalue weighted by molar-refractivity contribution is -0.122. The Bertz CT molecular complexity index is 1450. The fourth-order valence-electron chi connectivity index (χ4n) is 3.54. The van der Waals surface area contributed by atoms with Gasteiger partial charge in [-0.15, -0.1) is 0 Å². The fourth-order valence-corrected chi connectivity index (χ4v) is 5.88. The van der Waals surface area contributed by atoms with Crippen LogP contribution in [0.1, 0.15) is 63.0 Å². The van der Waals surface area contributed by atoms with Crippen molar-refractivity contribution in [1.29, 1.82) is 0 Å². The van der Waals surface area contributed by atoms with E-state index >= 15 is 0 Å². The quantitative estimate of drug-likeness (QED) is 0.361. The lowest BCUT2D eigenvalue weighted by Crippen LogP contribution is -2.50. The number of ether oxygens (including phenoxy) is 1. The first-order chi connectivity index (χ1) is 18.8. The highest BCUT2D eigenvalue weighted by Crippen LogP contribution is 2.42. The van der Waals surface area contributed by atoms with E-state index in [4.69, 9.17) is 14.7 Å². The standard InChI is InChI=1S/C24H40N6O8SSi/c1-12(2)19(31)27-23-26-18-15(21(33)28-23)25-11-30(18)22-17(37-39(34,35)29-20(32)13(3)4)16(14(5)36-22)38-40(9,10)24(6,7)8/h11-14,16-17,22H,1-10H3,(H,29,32)(H2,26,27,28,31,33)/i5D. The van der Waals surface area contributed by atoms with E-state index in [1.165, 1.54) is 24.7 Å². The van der Waals surface area contributed by atoms with Crippen molar-refractivity contribution < 1.29 is 32.7 Å².